The van der Waals surface area contributed by atoms with Crippen LogP contribution in [0, 0.1) is 0 Å². The van der Waals surface area contributed by atoms with E-state index in [1.54, 1.807) is 10.7 Å². The number of aryl methyl sites for hydroxylation is 1. The molecule has 1 N–H and O–H groups in total. The fraction of sp³-hybridized carbons (Fsp3) is 0.294. The van der Waals surface area contributed by atoms with E-state index in [0.717, 1.165) is 19.5 Å². The van der Waals surface area contributed by atoms with Crippen LogP contribution in [0.5, 0.6) is 5.88 Å². The Morgan fingerprint density at radius 1 is 1.30 bits per heavy atom. The predicted octanol–water partition coefficient (Wildman–Crippen LogP) is 2.05. The zero-order chi connectivity index (χ0) is 15.6. The molecule has 4 rings (SSSR count). The molecule has 2 aromatic heterocycles. The molecule has 0 bridgehead atoms. The van der Waals surface area contributed by atoms with Crippen molar-refractivity contribution in [3.05, 3.63) is 48.3 Å². The van der Waals surface area contributed by atoms with Crippen LogP contribution in [0.3, 0.4) is 0 Å². The summed E-state index contributed by atoms with van der Waals surface area (Å²) in [7, 11) is 0. The van der Waals surface area contributed by atoms with Crippen molar-refractivity contribution < 1.29 is 9.53 Å². The van der Waals surface area contributed by atoms with Crippen molar-refractivity contribution in [2.45, 2.75) is 19.5 Å². The molecule has 3 aromatic rings. The number of para-hydroxylation sites is 1. The number of fused-ring (bicyclic) bond motifs is 2. The first-order valence-corrected chi connectivity index (χ1v) is 7.84. The first-order valence-electron chi connectivity index (χ1n) is 7.84. The number of nitrogens with one attached hydrogen (secondary N) is 1. The second-order valence-corrected chi connectivity index (χ2v) is 5.62. The number of amides is 1. The molecule has 0 spiro atoms. The van der Waals surface area contributed by atoms with Crippen LogP contribution in [0.2, 0.25) is 0 Å². The van der Waals surface area contributed by atoms with Crippen LogP contribution in [0.4, 0.5) is 0 Å². The van der Waals surface area contributed by atoms with Gasteiger partial charge in [-0.3, -0.25) is 4.79 Å². The molecule has 1 aliphatic rings. The molecule has 0 saturated heterocycles. The number of aromatic nitrogens is 3. The van der Waals surface area contributed by atoms with Crippen molar-refractivity contribution >= 4 is 16.8 Å². The van der Waals surface area contributed by atoms with E-state index in [4.69, 9.17) is 4.74 Å². The number of nitrogens with zero attached hydrogens (tertiary/aromatic N) is 3. The smallest absolute Gasteiger partial charge is 0.271 e. The molecule has 1 aliphatic heterocycles. The monoisotopic (exact) mass is 310 g/mol. The normalized spacial score (nSPS) is 13.6. The zero-order valence-corrected chi connectivity index (χ0v) is 12.7. The van der Waals surface area contributed by atoms with E-state index in [0.29, 0.717) is 24.7 Å². The summed E-state index contributed by atoms with van der Waals surface area (Å²) in [4.78, 5) is 12.2. The third-order valence-corrected chi connectivity index (χ3v) is 4.06. The molecular weight excluding hydrogens is 292 g/mol. The summed E-state index contributed by atoms with van der Waals surface area (Å²) in [6.07, 6.45) is 2.97. The van der Waals surface area contributed by atoms with Crippen LogP contribution in [-0.4, -0.2) is 33.4 Å². The molecule has 3 heterocycles. The molecule has 0 unspecified atom stereocenters. The molecule has 6 nitrogen and oxygen atoms in total. The number of hydrogen-bond acceptors (Lipinski definition) is 3. The van der Waals surface area contributed by atoms with E-state index in [1.165, 1.54) is 10.9 Å². The molecule has 6 heteroatoms. The molecule has 0 fully saturated rings. The Morgan fingerprint density at radius 3 is 3.13 bits per heavy atom. The van der Waals surface area contributed by atoms with Crippen molar-refractivity contribution in [3.8, 4) is 5.88 Å². The maximum Gasteiger partial charge on any atom is 0.271 e. The minimum atomic E-state index is -0.160. The van der Waals surface area contributed by atoms with Gasteiger partial charge in [-0.25, -0.2) is 4.68 Å². The minimum Gasteiger partial charge on any atom is -0.478 e. The number of benzene rings is 1. The maximum absolute atomic E-state index is 12.2. The van der Waals surface area contributed by atoms with E-state index in [2.05, 4.69) is 33.2 Å². The summed E-state index contributed by atoms with van der Waals surface area (Å²) in [6.45, 7) is 2.77. The quantitative estimate of drug-likeness (QED) is 0.802. The van der Waals surface area contributed by atoms with Crippen molar-refractivity contribution in [1.82, 2.24) is 19.7 Å². The van der Waals surface area contributed by atoms with Crippen LogP contribution in [0.25, 0.3) is 10.9 Å². The Kier molecular flexibility index (Phi) is 3.49. The number of rotatable bonds is 4. The van der Waals surface area contributed by atoms with Crippen molar-refractivity contribution in [3.63, 3.8) is 0 Å². The van der Waals surface area contributed by atoms with Crippen molar-refractivity contribution in [1.29, 1.82) is 0 Å². The Hall–Kier alpha value is -2.76. The molecule has 1 amide bonds. The van der Waals surface area contributed by atoms with Gasteiger partial charge >= 0.3 is 0 Å². The van der Waals surface area contributed by atoms with Crippen LogP contribution in [0.1, 0.15) is 16.9 Å². The second-order valence-electron chi connectivity index (χ2n) is 5.62. The van der Waals surface area contributed by atoms with Gasteiger partial charge in [-0.15, -0.1) is 0 Å². The average Bonchev–Trinajstić information content (AvgIpc) is 3.19. The minimum absolute atomic E-state index is 0.160. The number of carbonyl (C=O) groups excluding carboxylic acids is 1. The molecule has 23 heavy (non-hydrogen) atoms. The summed E-state index contributed by atoms with van der Waals surface area (Å²) in [5.41, 5.74) is 1.59. The Labute approximate surface area is 133 Å². The van der Waals surface area contributed by atoms with E-state index < -0.39 is 0 Å². The lowest BCUT2D eigenvalue weighted by molar-refractivity contribution is 0.0946. The number of carbonyl (C=O) groups is 1. The van der Waals surface area contributed by atoms with Crippen molar-refractivity contribution in [2.75, 3.05) is 13.2 Å². The van der Waals surface area contributed by atoms with Gasteiger partial charge in [-0.05, 0) is 17.5 Å². The second kappa shape index (κ2) is 5.79. The first-order chi connectivity index (χ1) is 11.3. The first kappa shape index (κ1) is 13.9. The third-order valence-electron chi connectivity index (χ3n) is 4.06. The van der Waals surface area contributed by atoms with Gasteiger partial charge in [0.2, 0.25) is 5.88 Å². The highest BCUT2D eigenvalue weighted by molar-refractivity contribution is 5.92. The molecule has 0 radical (unpaired) electrons. The molecule has 1 aromatic carbocycles. The van der Waals surface area contributed by atoms with Crippen LogP contribution in [0.15, 0.2) is 42.6 Å². The Bertz CT molecular complexity index is 826. The highest BCUT2D eigenvalue weighted by atomic mass is 16.5. The highest BCUT2D eigenvalue weighted by Gasteiger charge is 2.17. The van der Waals surface area contributed by atoms with E-state index in [-0.39, 0.29) is 5.91 Å². The maximum atomic E-state index is 12.2. The highest BCUT2D eigenvalue weighted by Crippen LogP contribution is 2.18. The van der Waals surface area contributed by atoms with Crippen LogP contribution < -0.4 is 10.1 Å². The number of hydrogen-bond donors (Lipinski definition) is 1. The van der Waals surface area contributed by atoms with Crippen molar-refractivity contribution in [2.24, 2.45) is 0 Å². The van der Waals surface area contributed by atoms with Gasteiger partial charge in [0.05, 0.1) is 6.61 Å². The summed E-state index contributed by atoms with van der Waals surface area (Å²) in [6, 6.07) is 12.0. The van der Waals surface area contributed by atoms with Crippen LogP contribution >= 0.6 is 0 Å². The predicted molar refractivity (Wildman–Crippen MR) is 86.6 cm³/mol. The molecule has 118 valence electrons. The largest absolute Gasteiger partial charge is 0.478 e. The molecule has 0 atom stereocenters. The zero-order valence-electron chi connectivity index (χ0n) is 12.7. The lowest BCUT2D eigenvalue weighted by atomic mass is 10.2. The SMILES string of the molecule is O=C(NCCn1ccc2ccccc21)c1cc2n(n1)CCCO2. The Morgan fingerprint density at radius 2 is 2.22 bits per heavy atom. The molecule has 0 saturated carbocycles. The van der Waals surface area contributed by atoms with Gasteiger partial charge in [0.15, 0.2) is 5.69 Å². The lowest BCUT2D eigenvalue weighted by Gasteiger charge is -2.13. The summed E-state index contributed by atoms with van der Waals surface area (Å²) < 4.78 is 9.37. The number of ether oxygens (including phenoxy) is 1. The van der Waals surface area contributed by atoms with Gasteiger partial charge in [0, 0.05) is 43.8 Å². The lowest BCUT2D eigenvalue weighted by Crippen LogP contribution is -2.27. The third kappa shape index (κ3) is 2.67. The van der Waals surface area contributed by atoms with Gasteiger partial charge in [0.25, 0.3) is 5.91 Å². The average molecular weight is 310 g/mol. The Balaban J connectivity index is 1.39. The standard InChI is InChI=1S/C17H18N4O2/c22-17(14-12-16-21(19-14)8-3-11-23-16)18-7-10-20-9-6-13-4-1-2-5-15(13)20/h1-2,4-6,9,12H,3,7-8,10-11H2,(H,18,22). The van der Waals surface area contributed by atoms with Gasteiger partial charge in [0.1, 0.15) is 0 Å². The molecular formula is C17H18N4O2. The van der Waals surface area contributed by atoms with Crippen LogP contribution in [-0.2, 0) is 13.1 Å². The summed E-state index contributed by atoms with van der Waals surface area (Å²) in [5, 5.41) is 8.42. The van der Waals surface area contributed by atoms with Gasteiger partial charge in [-0.1, -0.05) is 18.2 Å². The molecule has 0 aliphatic carbocycles. The van der Waals surface area contributed by atoms with E-state index in [9.17, 15) is 4.79 Å². The van der Waals surface area contributed by atoms with Gasteiger partial charge in [-0.2, -0.15) is 5.10 Å². The fourth-order valence-corrected chi connectivity index (χ4v) is 2.89. The van der Waals surface area contributed by atoms with Gasteiger partial charge < -0.3 is 14.6 Å². The van der Waals surface area contributed by atoms with E-state index in [1.807, 2.05) is 18.3 Å². The fourth-order valence-electron chi connectivity index (χ4n) is 2.89. The van der Waals surface area contributed by atoms with E-state index >= 15 is 0 Å². The topological polar surface area (TPSA) is 61.1 Å². The summed E-state index contributed by atoms with van der Waals surface area (Å²) in [5.74, 6) is 0.518. The summed E-state index contributed by atoms with van der Waals surface area (Å²) >= 11 is 0.